The van der Waals surface area contributed by atoms with Crippen molar-refractivity contribution in [1.29, 1.82) is 0 Å². The molecule has 2 atom stereocenters. The van der Waals surface area contributed by atoms with Crippen LogP contribution in [0.4, 0.5) is 0 Å². The van der Waals surface area contributed by atoms with Crippen LogP contribution in [0.15, 0.2) is 0 Å². The molecule has 0 amide bonds. The predicted molar refractivity (Wildman–Crippen MR) is 37.2 cm³/mol. The smallest absolute Gasteiger partial charge is 0.0194 e. The lowest BCUT2D eigenvalue weighted by Crippen LogP contribution is -2.25. The van der Waals surface area contributed by atoms with Crippen molar-refractivity contribution in [1.82, 2.24) is 5.32 Å². The average Bonchev–Trinajstić information content (AvgIpc) is 2.15. The zero-order valence-electron chi connectivity index (χ0n) is 4.89. The molecule has 2 saturated heterocycles. The van der Waals surface area contributed by atoms with E-state index in [1.807, 2.05) is 0 Å². The van der Waals surface area contributed by atoms with E-state index in [0.29, 0.717) is 0 Å². The fraction of sp³-hybridized carbons (Fsp3) is 1.00. The van der Waals surface area contributed by atoms with E-state index in [0.717, 1.165) is 12.0 Å². The first kappa shape index (κ1) is 5.12. The van der Waals surface area contributed by atoms with E-state index >= 15 is 0 Å². The van der Waals surface area contributed by atoms with Gasteiger partial charge >= 0.3 is 0 Å². The number of thioether (sulfide) groups is 1. The molecule has 0 unspecified atom stereocenters. The van der Waals surface area contributed by atoms with Crippen molar-refractivity contribution in [3.63, 3.8) is 0 Å². The van der Waals surface area contributed by atoms with Gasteiger partial charge in [0.1, 0.15) is 0 Å². The molecule has 0 aromatic rings. The largest absolute Gasteiger partial charge is 0.313 e. The molecule has 8 heavy (non-hydrogen) atoms. The Kier molecular flexibility index (Phi) is 1.23. The van der Waals surface area contributed by atoms with Crippen LogP contribution in [0.1, 0.15) is 6.42 Å². The summed E-state index contributed by atoms with van der Waals surface area (Å²) in [6, 6.07) is 0.889. The third-order valence-corrected chi connectivity index (χ3v) is 3.38. The highest BCUT2D eigenvalue weighted by Crippen LogP contribution is 2.29. The molecule has 2 heteroatoms. The highest BCUT2D eigenvalue weighted by Gasteiger charge is 2.31. The Morgan fingerprint density at radius 3 is 3.25 bits per heavy atom. The summed E-state index contributed by atoms with van der Waals surface area (Å²) in [6.45, 7) is 1.27. The fourth-order valence-electron chi connectivity index (χ4n) is 1.56. The third kappa shape index (κ3) is 0.669. The molecule has 2 rings (SSSR count). The van der Waals surface area contributed by atoms with Gasteiger partial charge in [-0.05, 0) is 24.6 Å². The van der Waals surface area contributed by atoms with E-state index in [-0.39, 0.29) is 0 Å². The lowest BCUT2D eigenvalue weighted by Gasteiger charge is -2.04. The Morgan fingerprint density at radius 2 is 2.38 bits per heavy atom. The highest BCUT2D eigenvalue weighted by atomic mass is 32.2. The van der Waals surface area contributed by atoms with E-state index in [9.17, 15) is 0 Å². The predicted octanol–water partition coefficient (Wildman–Crippen LogP) is 0.711. The fourth-order valence-corrected chi connectivity index (χ4v) is 3.04. The van der Waals surface area contributed by atoms with Crippen molar-refractivity contribution in [2.45, 2.75) is 12.5 Å². The Morgan fingerprint density at radius 1 is 1.38 bits per heavy atom. The summed E-state index contributed by atoms with van der Waals surface area (Å²) in [5.74, 6) is 3.81. The number of rotatable bonds is 0. The maximum absolute atomic E-state index is 3.50. The molecule has 0 aromatic heterocycles. The Bertz CT molecular complexity index is 74.5. The number of nitrogens with one attached hydrogen (secondary N) is 1. The van der Waals surface area contributed by atoms with E-state index in [4.69, 9.17) is 0 Å². The molecule has 0 aliphatic carbocycles. The number of hydrogen-bond donors (Lipinski definition) is 1. The van der Waals surface area contributed by atoms with Crippen LogP contribution in [0, 0.1) is 5.92 Å². The van der Waals surface area contributed by atoms with Gasteiger partial charge in [0.2, 0.25) is 0 Å². The van der Waals surface area contributed by atoms with Crippen molar-refractivity contribution < 1.29 is 0 Å². The van der Waals surface area contributed by atoms with E-state index in [1.165, 1.54) is 24.5 Å². The summed E-state index contributed by atoms with van der Waals surface area (Å²) >= 11 is 2.10. The Labute approximate surface area is 54.2 Å². The maximum atomic E-state index is 3.50. The van der Waals surface area contributed by atoms with Crippen molar-refractivity contribution in [3.8, 4) is 0 Å². The van der Waals surface area contributed by atoms with Crippen molar-refractivity contribution in [3.05, 3.63) is 0 Å². The molecule has 0 radical (unpaired) electrons. The number of fused-ring (bicyclic) bond motifs is 1. The van der Waals surface area contributed by atoms with Gasteiger partial charge < -0.3 is 5.32 Å². The van der Waals surface area contributed by atoms with Gasteiger partial charge in [0.25, 0.3) is 0 Å². The van der Waals surface area contributed by atoms with Crippen LogP contribution in [0.25, 0.3) is 0 Å². The van der Waals surface area contributed by atoms with Crippen LogP contribution in [-0.2, 0) is 0 Å². The first-order valence-corrected chi connectivity index (χ1v) is 4.43. The summed E-state index contributed by atoms with van der Waals surface area (Å²) in [4.78, 5) is 0. The monoisotopic (exact) mass is 129 g/mol. The molecule has 0 bridgehead atoms. The highest BCUT2D eigenvalue weighted by molar-refractivity contribution is 7.99. The van der Waals surface area contributed by atoms with Gasteiger partial charge in [-0.2, -0.15) is 11.8 Å². The molecular formula is C6H11NS. The standard InChI is InChI=1S/C6H11NS/c1-2-7-6-4-8-3-5(1)6/h5-7H,1-4H2/t5-,6-/m0/s1. The first-order valence-electron chi connectivity index (χ1n) is 3.28. The SMILES string of the molecule is C1C[C@H]2CSC[C@@H]2N1. The first-order chi connectivity index (χ1) is 3.97. The average molecular weight is 129 g/mol. The van der Waals surface area contributed by atoms with Crippen molar-refractivity contribution in [2.24, 2.45) is 5.92 Å². The minimum absolute atomic E-state index is 0.889. The molecule has 2 aliphatic rings. The minimum atomic E-state index is 0.889. The lowest BCUT2D eigenvalue weighted by atomic mass is 10.1. The summed E-state index contributed by atoms with van der Waals surface area (Å²) in [5.41, 5.74) is 0. The summed E-state index contributed by atoms with van der Waals surface area (Å²) in [5, 5.41) is 3.50. The van der Waals surface area contributed by atoms with Gasteiger partial charge in [0.15, 0.2) is 0 Å². The molecule has 0 spiro atoms. The van der Waals surface area contributed by atoms with Crippen LogP contribution < -0.4 is 5.32 Å². The molecule has 2 aliphatic heterocycles. The van der Waals surface area contributed by atoms with E-state index in [1.54, 1.807) is 0 Å². The van der Waals surface area contributed by atoms with Crippen LogP contribution in [0.2, 0.25) is 0 Å². The van der Waals surface area contributed by atoms with Crippen LogP contribution >= 0.6 is 11.8 Å². The molecule has 46 valence electrons. The molecule has 2 heterocycles. The van der Waals surface area contributed by atoms with Crippen LogP contribution in [0.3, 0.4) is 0 Å². The third-order valence-electron chi connectivity index (χ3n) is 2.12. The van der Waals surface area contributed by atoms with Gasteiger partial charge in [0.05, 0.1) is 0 Å². The maximum Gasteiger partial charge on any atom is 0.0194 e. The summed E-state index contributed by atoms with van der Waals surface area (Å²) in [6.07, 6.45) is 1.43. The zero-order chi connectivity index (χ0) is 5.40. The lowest BCUT2D eigenvalue weighted by molar-refractivity contribution is 0.556. The molecular weight excluding hydrogens is 118 g/mol. The van der Waals surface area contributed by atoms with Crippen LogP contribution in [0.5, 0.6) is 0 Å². The molecule has 0 aromatic carbocycles. The zero-order valence-corrected chi connectivity index (χ0v) is 5.71. The van der Waals surface area contributed by atoms with Gasteiger partial charge in [-0.25, -0.2) is 0 Å². The number of hydrogen-bond acceptors (Lipinski definition) is 2. The van der Waals surface area contributed by atoms with E-state index < -0.39 is 0 Å². The van der Waals surface area contributed by atoms with Gasteiger partial charge in [-0.15, -0.1) is 0 Å². The van der Waals surface area contributed by atoms with Crippen molar-refractivity contribution >= 4 is 11.8 Å². The summed E-state index contributed by atoms with van der Waals surface area (Å²) < 4.78 is 0. The van der Waals surface area contributed by atoms with Crippen molar-refractivity contribution in [2.75, 3.05) is 18.1 Å². The summed E-state index contributed by atoms with van der Waals surface area (Å²) in [7, 11) is 0. The Balaban J connectivity index is 2.04. The van der Waals surface area contributed by atoms with E-state index in [2.05, 4.69) is 17.1 Å². The molecule has 0 saturated carbocycles. The van der Waals surface area contributed by atoms with Gasteiger partial charge in [0, 0.05) is 11.8 Å². The Hall–Kier alpha value is 0.310. The second kappa shape index (κ2) is 1.92. The van der Waals surface area contributed by atoms with Gasteiger partial charge in [-0.1, -0.05) is 0 Å². The van der Waals surface area contributed by atoms with Gasteiger partial charge in [-0.3, -0.25) is 0 Å². The molecule has 1 nitrogen and oxygen atoms in total. The van der Waals surface area contributed by atoms with Crippen LogP contribution in [-0.4, -0.2) is 24.1 Å². The second-order valence-corrected chi connectivity index (χ2v) is 3.72. The molecule has 1 N–H and O–H groups in total. The second-order valence-electron chi connectivity index (χ2n) is 2.65. The normalized spacial score (nSPS) is 45.0. The minimum Gasteiger partial charge on any atom is -0.313 e. The quantitative estimate of drug-likeness (QED) is 0.517. The molecule has 2 fully saturated rings. The topological polar surface area (TPSA) is 12.0 Å².